The smallest absolute Gasteiger partial charge is 0.407 e. The van der Waals surface area contributed by atoms with Crippen molar-refractivity contribution in [2.24, 2.45) is 5.73 Å². The molecule has 2 heterocycles. The summed E-state index contributed by atoms with van der Waals surface area (Å²) in [6, 6.07) is 1.66. The van der Waals surface area contributed by atoms with Crippen LogP contribution in [0.1, 0.15) is 49.5 Å². The van der Waals surface area contributed by atoms with Crippen LogP contribution in [-0.4, -0.2) is 76.6 Å². The summed E-state index contributed by atoms with van der Waals surface area (Å²) in [7, 11) is 0. The second-order valence-electron chi connectivity index (χ2n) is 9.19. The number of amides is 3. The average molecular weight is 464 g/mol. The predicted octanol–water partition coefficient (Wildman–Crippen LogP) is 1.56. The summed E-state index contributed by atoms with van der Waals surface area (Å²) in [5, 5.41) is 9.09. The van der Waals surface area contributed by atoms with Crippen molar-refractivity contribution in [1.82, 2.24) is 9.80 Å². The first-order chi connectivity index (χ1) is 15.4. The zero-order valence-corrected chi connectivity index (χ0v) is 19.0. The van der Waals surface area contributed by atoms with Crippen LogP contribution in [0.4, 0.5) is 14.9 Å². The number of fused-ring (bicyclic) bond motifs is 1. The SMILES string of the molecule is CC(C)(C)OC(=O)CC[C@@H](C(N)=O)N1Cc2cc(N3CCN(C(=O)O)CC3)c(F)cc2C1=O. The van der Waals surface area contributed by atoms with Crippen molar-refractivity contribution >= 4 is 29.6 Å². The Morgan fingerprint density at radius 2 is 1.82 bits per heavy atom. The topological polar surface area (TPSA) is 133 Å². The number of ether oxygens (including phenoxy) is 1. The van der Waals surface area contributed by atoms with E-state index < -0.39 is 41.3 Å². The molecule has 1 aromatic rings. The number of carbonyl (C=O) groups is 4. The molecule has 33 heavy (non-hydrogen) atoms. The van der Waals surface area contributed by atoms with Crippen molar-refractivity contribution in [3.63, 3.8) is 0 Å². The lowest BCUT2D eigenvalue weighted by molar-refractivity contribution is -0.155. The third-order valence-electron chi connectivity index (χ3n) is 5.64. The fourth-order valence-corrected chi connectivity index (χ4v) is 4.08. The third kappa shape index (κ3) is 5.52. The standard InChI is InChI=1S/C22H29FN4O6/c1-22(2,3)33-18(28)5-4-16(19(24)29)27-12-13-10-17(15(23)11-14(13)20(27)30)25-6-8-26(9-7-25)21(31)32/h10-11,16H,4-9,12H2,1-3H3,(H2,24,29)(H,31,32)/t16-/m0/s1. The van der Waals surface area contributed by atoms with E-state index in [1.807, 2.05) is 0 Å². The van der Waals surface area contributed by atoms with Crippen molar-refractivity contribution in [3.05, 3.63) is 29.1 Å². The van der Waals surface area contributed by atoms with Gasteiger partial charge in [-0.1, -0.05) is 0 Å². The Morgan fingerprint density at radius 3 is 2.36 bits per heavy atom. The Hall–Kier alpha value is -3.37. The number of hydrogen-bond acceptors (Lipinski definition) is 6. The molecule has 0 spiro atoms. The number of hydrogen-bond donors (Lipinski definition) is 2. The van der Waals surface area contributed by atoms with Gasteiger partial charge in [0.05, 0.1) is 5.69 Å². The minimum atomic E-state index is -1.04. The van der Waals surface area contributed by atoms with Crippen LogP contribution in [0.25, 0.3) is 0 Å². The molecule has 1 aromatic carbocycles. The molecular weight excluding hydrogens is 435 g/mol. The van der Waals surface area contributed by atoms with E-state index in [1.54, 1.807) is 31.7 Å². The quantitative estimate of drug-likeness (QED) is 0.610. The lowest BCUT2D eigenvalue weighted by atomic mass is 10.1. The molecule has 2 aliphatic rings. The van der Waals surface area contributed by atoms with E-state index in [1.165, 1.54) is 9.80 Å². The third-order valence-corrected chi connectivity index (χ3v) is 5.64. The van der Waals surface area contributed by atoms with Gasteiger partial charge in [-0.3, -0.25) is 14.4 Å². The van der Waals surface area contributed by atoms with Gasteiger partial charge in [0.25, 0.3) is 5.91 Å². The summed E-state index contributed by atoms with van der Waals surface area (Å²) in [5.74, 6) is -2.40. The molecule has 0 radical (unpaired) electrons. The zero-order valence-electron chi connectivity index (χ0n) is 19.0. The largest absolute Gasteiger partial charge is 0.465 e. The lowest BCUT2D eigenvalue weighted by Gasteiger charge is -2.34. The molecule has 3 amide bonds. The number of rotatable bonds is 6. The van der Waals surface area contributed by atoms with E-state index >= 15 is 0 Å². The molecular formula is C22H29FN4O6. The fraction of sp³-hybridized carbons (Fsp3) is 0.545. The van der Waals surface area contributed by atoms with Gasteiger partial charge in [0.15, 0.2) is 0 Å². The number of nitrogens with zero attached hydrogens (tertiary/aromatic N) is 3. The highest BCUT2D eigenvalue weighted by atomic mass is 19.1. The highest BCUT2D eigenvalue weighted by molar-refractivity contribution is 6.01. The number of primary amides is 1. The number of nitrogens with two attached hydrogens (primary N) is 1. The van der Waals surface area contributed by atoms with Crippen molar-refractivity contribution in [2.45, 2.75) is 51.8 Å². The molecule has 2 aliphatic heterocycles. The molecule has 1 fully saturated rings. The van der Waals surface area contributed by atoms with Gasteiger partial charge in [-0.05, 0) is 44.9 Å². The highest BCUT2D eigenvalue weighted by Gasteiger charge is 2.37. The lowest BCUT2D eigenvalue weighted by Crippen LogP contribution is -2.48. The molecule has 3 rings (SSSR count). The Morgan fingerprint density at radius 1 is 1.18 bits per heavy atom. The summed E-state index contributed by atoms with van der Waals surface area (Å²) < 4.78 is 20.1. The Labute approximate surface area is 191 Å². The summed E-state index contributed by atoms with van der Waals surface area (Å²) in [4.78, 5) is 52.4. The number of halogens is 1. The monoisotopic (exact) mass is 464 g/mol. The van der Waals surface area contributed by atoms with Crippen molar-refractivity contribution < 1.29 is 33.4 Å². The van der Waals surface area contributed by atoms with Gasteiger partial charge in [-0.2, -0.15) is 0 Å². The van der Waals surface area contributed by atoms with Gasteiger partial charge in [-0.25, -0.2) is 9.18 Å². The zero-order chi connectivity index (χ0) is 24.5. The van der Waals surface area contributed by atoms with E-state index in [2.05, 4.69) is 0 Å². The first-order valence-corrected chi connectivity index (χ1v) is 10.7. The number of carbonyl (C=O) groups excluding carboxylic acids is 3. The number of benzene rings is 1. The normalized spacial score (nSPS) is 17.1. The minimum absolute atomic E-state index is 0.00351. The van der Waals surface area contributed by atoms with Crippen molar-refractivity contribution in [1.29, 1.82) is 0 Å². The Kier molecular flexibility index (Phi) is 6.80. The van der Waals surface area contributed by atoms with Crippen LogP contribution in [0.15, 0.2) is 12.1 Å². The molecule has 1 saturated heterocycles. The minimum Gasteiger partial charge on any atom is -0.465 e. The van der Waals surface area contributed by atoms with Crippen LogP contribution in [0, 0.1) is 5.82 Å². The van der Waals surface area contributed by atoms with Gasteiger partial charge in [0.2, 0.25) is 5.91 Å². The number of carboxylic acid groups (broad SMARTS) is 1. The summed E-state index contributed by atoms with van der Waals surface area (Å²) in [6.07, 6.45) is -1.12. The van der Waals surface area contributed by atoms with Gasteiger partial charge < -0.3 is 30.3 Å². The molecule has 3 N–H and O–H groups in total. The average Bonchev–Trinajstić information content (AvgIpc) is 3.01. The van der Waals surface area contributed by atoms with E-state index in [-0.39, 0.29) is 43.7 Å². The molecule has 0 bridgehead atoms. The van der Waals surface area contributed by atoms with Crippen LogP contribution in [0.2, 0.25) is 0 Å². The number of anilines is 1. The van der Waals surface area contributed by atoms with Crippen LogP contribution in [0.3, 0.4) is 0 Å². The van der Waals surface area contributed by atoms with Gasteiger partial charge in [0.1, 0.15) is 17.5 Å². The van der Waals surface area contributed by atoms with Crippen LogP contribution < -0.4 is 10.6 Å². The van der Waals surface area contributed by atoms with Gasteiger partial charge in [0, 0.05) is 44.7 Å². The van der Waals surface area contributed by atoms with Gasteiger partial charge in [-0.15, -0.1) is 0 Å². The maximum absolute atomic E-state index is 14.9. The number of piperazine rings is 1. The summed E-state index contributed by atoms with van der Waals surface area (Å²) in [5.41, 5.74) is 5.80. The molecule has 11 heteroatoms. The first-order valence-electron chi connectivity index (χ1n) is 10.7. The molecule has 180 valence electrons. The highest BCUT2D eigenvalue weighted by Crippen LogP contribution is 2.32. The van der Waals surface area contributed by atoms with Crippen LogP contribution in [-0.2, 0) is 20.9 Å². The summed E-state index contributed by atoms with van der Waals surface area (Å²) in [6.45, 7) is 6.36. The predicted molar refractivity (Wildman–Crippen MR) is 116 cm³/mol. The summed E-state index contributed by atoms with van der Waals surface area (Å²) >= 11 is 0. The Balaban J connectivity index is 1.74. The van der Waals surface area contributed by atoms with Gasteiger partial charge >= 0.3 is 12.1 Å². The maximum atomic E-state index is 14.9. The second-order valence-corrected chi connectivity index (χ2v) is 9.19. The maximum Gasteiger partial charge on any atom is 0.407 e. The fourth-order valence-electron chi connectivity index (χ4n) is 4.08. The van der Waals surface area contributed by atoms with E-state index in [4.69, 9.17) is 15.6 Å². The van der Waals surface area contributed by atoms with E-state index in [9.17, 15) is 23.6 Å². The van der Waals surface area contributed by atoms with Crippen LogP contribution in [0.5, 0.6) is 0 Å². The molecule has 1 atom stereocenters. The Bertz CT molecular complexity index is 968. The molecule has 0 aliphatic carbocycles. The number of esters is 1. The first kappa shape index (κ1) is 24.3. The molecule has 0 aromatic heterocycles. The second kappa shape index (κ2) is 9.24. The van der Waals surface area contributed by atoms with Crippen LogP contribution >= 0.6 is 0 Å². The van der Waals surface area contributed by atoms with Crippen molar-refractivity contribution in [2.75, 3.05) is 31.1 Å². The van der Waals surface area contributed by atoms with E-state index in [0.29, 0.717) is 18.7 Å². The molecule has 0 saturated carbocycles. The van der Waals surface area contributed by atoms with Crippen molar-refractivity contribution in [3.8, 4) is 0 Å². The molecule has 0 unspecified atom stereocenters. The molecule has 10 nitrogen and oxygen atoms in total. The van der Waals surface area contributed by atoms with E-state index in [0.717, 1.165) is 6.07 Å².